The van der Waals surface area contributed by atoms with Gasteiger partial charge in [-0.15, -0.1) is 11.3 Å². The van der Waals surface area contributed by atoms with E-state index in [0.29, 0.717) is 6.04 Å². The number of hydrogen-bond donors (Lipinski definition) is 1. The zero-order valence-corrected chi connectivity index (χ0v) is 13.6. The van der Waals surface area contributed by atoms with Gasteiger partial charge in [-0.25, -0.2) is 4.98 Å². The Balaban J connectivity index is 1.76. The van der Waals surface area contributed by atoms with Crippen molar-refractivity contribution in [2.24, 2.45) is 0 Å². The molecule has 3 rings (SSSR count). The molecule has 1 aromatic carbocycles. The molecular weight excluding hydrogens is 278 g/mol. The van der Waals surface area contributed by atoms with Crippen molar-refractivity contribution < 1.29 is 0 Å². The first kappa shape index (κ1) is 14.5. The van der Waals surface area contributed by atoms with E-state index < -0.39 is 0 Å². The lowest BCUT2D eigenvalue weighted by Gasteiger charge is -2.36. The van der Waals surface area contributed by atoms with Crippen molar-refractivity contribution in [3.8, 4) is 0 Å². The van der Waals surface area contributed by atoms with Crippen LogP contribution in [0.25, 0.3) is 0 Å². The summed E-state index contributed by atoms with van der Waals surface area (Å²) < 4.78 is 0. The van der Waals surface area contributed by atoms with Crippen LogP contribution in [0.4, 0.5) is 5.69 Å². The number of anilines is 1. The lowest BCUT2D eigenvalue weighted by atomic mass is 9.96. The molecule has 0 spiro atoms. The molecular formula is C17H23N3S. The van der Waals surface area contributed by atoms with E-state index in [0.717, 1.165) is 19.6 Å². The molecule has 0 saturated heterocycles. The van der Waals surface area contributed by atoms with Crippen molar-refractivity contribution in [3.05, 3.63) is 45.9 Å². The van der Waals surface area contributed by atoms with Gasteiger partial charge in [-0.05, 0) is 37.9 Å². The highest BCUT2D eigenvalue weighted by Crippen LogP contribution is 2.31. The molecule has 0 fully saturated rings. The Labute approximate surface area is 131 Å². The van der Waals surface area contributed by atoms with Crippen molar-refractivity contribution in [3.63, 3.8) is 0 Å². The fourth-order valence-corrected chi connectivity index (χ4v) is 3.66. The summed E-state index contributed by atoms with van der Waals surface area (Å²) in [6.45, 7) is 7.24. The van der Waals surface area contributed by atoms with Gasteiger partial charge < -0.3 is 10.2 Å². The average molecular weight is 301 g/mol. The maximum Gasteiger partial charge on any atom is 0.107 e. The second-order valence-corrected chi connectivity index (χ2v) is 6.60. The maximum atomic E-state index is 4.76. The molecule has 0 bridgehead atoms. The third-order valence-corrected chi connectivity index (χ3v) is 5.02. The van der Waals surface area contributed by atoms with Crippen molar-refractivity contribution >= 4 is 17.0 Å². The Morgan fingerprint density at radius 2 is 2.24 bits per heavy atom. The van der Waals surface area contributed by atoms with Gasteiger partial charge in [-0.1, -0.05) is 25.1 Å². The van der Waals surface area contributed by atoms with Crippen LogP contribution in [-0.2, 0) is 19.5 Å². The fourth-order valence-electron chi connectivity index (χ4n) is 2.91. The predicted octanol–water partition coefficient (Wildman–Crippen LogP) is 3.59. The summed E-state index contributed by atoms with van der Waals surface area (Å²) in [5, 5.41) is 6.73. The predicted molar refractivity (Wildman–Crippen MR) is 89.9 cm³/mol. The summed E-state index contributed by atoms with van der Waals surface area (Å²) in [5.41, 5.74) is 4.05. The quantitative estimate of drug-likeness (QED) is 0.914. The number of para-hydroxylation sites is 1. The van der Waals surface area contributed by atoms with E-state index in [2.05, 4.69) is 53.7 Å². The van der Waals surface area contributed by atoms with E-state index in [-0.39, 0.29) is 0 Å². The number of hydrogen-bond acceptors (Lipinski definition) is 4. The minimum absolute atomic E-state index is 0.582. The molecule has 2 heterocycles. The molecule has 0 saturated carbocycles. The van der Waals surface area contributed by atoms with Gasteiger partial charge in [0.25, 0.3) is 0 Å². The Bertz CT molecular complexity index is 593. The summed E-state index contributed by atoms with van der Waals surface area (Å²) in [6, 6.07) is 9.37. The van der Waals surface area contributed by atoms with Crippen LogP contribution in [0.1, 0.15) is 36.5 Å². The Hall–Kier alpha value is -1.39. The molecule has 21 heavy (non-hydrogen) atoms. The number of thiazole rings is 1. The largest absolute Gasteiger partial charge is 0.363 e. The topological polar surface area (TPSA) is 28.2 Å². The van der Waals surface area contributed by atoms with Gasteiger partial charge in [0.15, 0.2) is 0 Å². The highest BCUT2D eigenvalue weighted by atomic mass is 32.1. The number of aromatic nitrogens is 1. The van der Waals surface area contributed by atoms with E-state index in [4.69, 9.17) is 4.98 Å². The minimum atomic E-state index is 0.582. The molecule has 1 N–H and O–H groups in total. The van der Waals surface area contributed by atoms with Gasteiger partial charge in [0.05, 0.1) is 12.2 Å². The zero-order chi connectivity index (χ0) is 14.7. The minimum Gasteiger partial charge on any atom is -0.363 e. The molecule has 4 heteroatoms. The van der Waals surface area contributed by atoms with E-state index in [1.165, 1.54) is 34.8 Å². The molecule has 2 aromatic rings. The molecule has 1 atom stereocenters. The van der Waals surface area contributed by atoms with Crippen LogP contribution < -0.4 is 10.2 Å². The van der Waals surface area contributed by atoms with Gasteiger partial charge in [0.1, 0.15) is 5.01 Å². The number of nitrogens with zero attached hydrogens (tertiary/aromatic N) is 2. The molecule has 1 aliphatic heterocycles. The van der Waals surface area contributed by atoms with Crippen molar-refractivity contribution in [2.45, 2.75) is 45.8 Å². The van der Waals surface area contributed by atoms with E-state index in [1.807, 2.05) is 0 Å². The Morgan fingerprint density at radius 3 is 3.10 bits per heavy atom. The summed E-state index contributed by atoms with van der Waals surface area (Å²) in [7, 11) is 0. The molecule has 112 valence electrons. The smallest absolute Gasteiger partial charge is 0.107 e. The highest BCUT2D eigenvalue weighted by Gasteiger charge is 2.23. The molecule has 1 aromatic heterocycles. The second-order valence-electron chi connectivity index (χ2n) is 5.66. The fraction of sp³-hybridized carbons (Fsp3) is 0.471. The van der Waals surface area contributed by atoms with Gasteiger partial charge in [0, 0.05) is 23.7 Å². The molecule has 0 radical (unpaired) electrons. The molecule has 0 aliphatic carbocycles. The molecule has 1 aliphatic rings. The number of fused-ring (bicyclic) bond motifs is 1. The highest BCUT2D eigenvalue weighted by molar-refractivity contribution is 7.09. The van der Waals surface area contributed by atoms with Crippen LogP contribution in [0.5, 0.6) is 0 Å². The monoisotopic (exact) mass is 301 g/mol. The van der Waals surface area contributed by atoms with E-state index >= 15 is 0 Å². The lowest BCUT2D eigenvalue weighted by Crippen LogP contribution is -2.36. The van der Waals surface area contributed by atoms with Gasteiger partial charge in [-0.2, -0.15) is 0 Å². The first-order chi connectivity index (χ1) is 10.3. The SMILES string of the molecule is CCNCc1nc(CN2c3ccccc3CCC2C)cs1. The lowest BCUT2D eigenvalue weighted by molar-refractivity contribution is 0.556. The number of aryl methyl sites for hydroxylation is 1. The van der Waals surface area contributed by atoms with Crippen molar-refractivity contribution in [1.29, 1.82) is 0 Å². The summed E-state index contributed by atoms with van der Waals surface area (Å²) >= 11 is 1.76. The second kappa shape index (κ2) is 6.58. The molecule has 0 amide bonds. The number of benzene rings is 1. The first-order valence-electron chi connectivity index (χ1n) is 7.76. The van der Waals surface area contributed by atoms with Crippen molar-refractivity contribution in [1.82, 2.24) is 10.3 Å². The standard InChI is InChI=1S/C17H23N3S/c1-3-18-10-17-19-15(12-21-17)11-20-13(2)8-9-14-6-4-5-7-16(14)20/h4-7,12-13,18H,3,8-11H2,1-2H3. The summed E-state index contributed by atoms with van der Waals surface area (Å²) in [6.07, 6.45) is 2.42. The third-order valence-electron chi connectivity index (χ3n) is 4.12. The van der Waals surface area contributed by atoms with Crippen LogP contribution >= 0.6 is 11.3 Å². The van der Waals surface area contributed by atoms with E-state index in [9.17, 15) is 0 Å². The van der Waals surface area contributed by atoms with Crippen LogP contribution in [0, 0.1) is 0 Å². The first-order valence-corrected chi connectivity index (χ1v) is 8.64. The average Bonchev–Trinajstić information content (AvgIpc) is 2.96. The van der Waals surface area contributed by atoms with Gasteiger partial charge in [-0.3, -0.25) is 0 Å². The van der Waals surface area contributed by atoms with Crippen LogP contribution in [-0.4, -0.2) is 17.6 Å². The van der Waals surface area contributed by atoms with Gasteiger partial charge >= 0.3 is 0 Å². The number of rotatable bonds is 5. The summed E-state index contributed by atoms with van der Waals surface area (Å²) in [4.78, 5) is 7.27. The number of nitrogens with one attached hydrogen (secondary N) is 1. The van der Waals surface area contributed by atoms with Crippen LogP contribution in [0.15, 0.2) is 29.6 Å². The molecule has 3 nitrogen and oxygen atoms in total. The Morgan fingerprint density at radius 1 is 1.38 bits per heavy atom. The normalized spacial score (nSPS) is 17.8. The summed E-state index contributed by atoms with van der Waals surface area (Å²) in [5.74, 6) is 0. The maximum absolute atomic E-state index is 4.76. The van der Waals surface area contributed by atoms with Crippen LogP contribution in [0.3, 0.4) is 0 Å². The zero-order valence-electron chi connectivity index (χ0n) is 12.8. The van der Waals surface area contributed by atoms with Gasteiger partial charge in [0.2, 0.25) is 0 Å². The Kier molecular flexibility index (Phi) is 4.56. The molecule has 1 unspecified atom stereocenters. The van der Waals surface area contributed by atoms with E-state index in [1.54, 1.807) is 11.3 Å². The third kappa shape index (κ3) is 3.27. The van der Waals surface area contributed by atoms with Crippen LogP contribution in [0.2, 0.25) is 0 Å². The van der Waals surface area contributed by atoms with Crippen molar-refractivity contribution in [2.75, 3.05) is 11.4 Å².